The fourth-order valence-electron chi connectivity index (χ4n) is 4.36. The van der Waals surface area contributed by atoms with Gasteiger partial charge in [0.1, 0.15) is 35.8 Å². The number of halogens is 2. The number of aliphatic hydroxyl groups excluding tert-OH is 1. The molecule has 2 N–H and O–H groups in total. The normalized spacial score (nSPS) is 14.1. The summed E-state index contributed by atoms with van der Waals surface area (Å²) in [5.74, 6) is 1.49. The third-order valence-electron chi connectivity index (χ3n) is 6.21. The van der Waals surface area contributed by atoms with E-state index in [1.165, 1.54) is 0 Å². The first-order valence-corrected chi connectivity index (χ1v) is 11.6. The van der Waals surface area contributed by atoms with Crippen LogP contribution >= 0.6 is 24.8 Å². The van der Waals surface area contributed by atoms with Crippen LogP contribution in [0.2, 0.25) is 0 Å². The van der Waals surface area contributed by atoms with Crippen molar-refractivity contribution in [2.45, 2.75) is 13.0 Å². The van der Waals surface area contributed by atoms with Crippen LogP contribution in [0.5, 0.6) is 11.5 Å². The van der Waals surface area contributed by atoms with Crippen molar-refractivity contribution in [1.82, 2.24) is 9.88 Å². The molecule has 8 nitrogen and oxygen atoms in total. The van der Waals surface area contributed by atoms with E-state index < -0.39 is 11.7 Å². The lowest BCUT2D eigenvalue weighted by atomic mass is 10.0. The number of hydrogen-bond acceptors (Lipinski definition) is 7. The first-order chi connectivity index (χ1) is 17.0. The van der Waals surface area contributed by atoms with E-state index >= 15 is 0 Å². The predicted molar refractivity (Wildman–Crippen MR) is 150 cm³/mol. The highest BCUT2D eigenvalue weighted by Gasteiger charge is 2.21. The Morgan fingerprint density at radius 1 is 1.08 bits per heavy atom. The molecule has 0 amide bonds. The van der Waals surface area contributed by atoms with Crippen molar-refractivity contribution < 1.29 is 14.6 Å². The zero-order valence-electron chi connectivity index (χ0n) is 20.8. The minimum Gasteiger partial charge on any atom is -0.495 e. The van der Waals surface area contributed by atoms with Crippen LogP contribution in [0.1, 0.15) is 11.3 Å². The minimum absolute atomic E-state index is 0. The molecule has 1 fully saturated rings. The van der Waals surface area contributed by atoms with Crippen LogP contribution in [0.3, 0.4) is 0 Å². The second-order valence-electron chi connectivity index (χ2n) is 8.61. The summed E-state index contributed by atoms with van der Waals surface area (Å²) in [6.45, 7) is 5.91. The molecule has 37 heavy (non-hydrogen) atoms. The summed E-state index contributed by atoms with van der Waals surface area (Å²) < 4.78 is 11.4. The topological polar surface area (TPSA) is 102 Å². The highest BCUT2D eigenvalue weighted by atomic mass is 35.5. The fraction of sp³-hybridized carbons (Fsp3) is 0.333. The Bertz CT molecular complexity index is 1270. The molecule has 1 aliphatic rings. The number of nitrogens with one attached hydrogen (secondary N) is 1. The van der Waals surface area contributed by atoms with Crippen LogP contribution in [-0.4, -0.2) is 67.5 Å². The maximum atomic E-state index is 11.8. The number of benzene rings is 2. The number of nitrogens with zero attached hydrogens (tertiary/aromatic N) is 3. The summed E-state index contributed by atoms with van der Waals surface area (Å²) in [6, 6.07) is 19.0. The smallest absolute Gasteiger partial charge is 0.266 e. The van der Waals surface area contributed by atoms with Crippen molar-refractivity contribution in [3.63, 3.8) is 0 Å². The van der Waals surface area contributed by atoms with Gasteiger partial charge in [0, 0.05) is 44.0 Å². The molecule has 3 aromatic rings. The number of H-pyrrole nitrogens is 1. The zero-order chi connectivity index (χ0) is 24.8. The lowest BCUT2D eigenvalue weighted by molar-refractivity contribution is 0.0663. The molecule has 1 aliphatic heterocycles. The maximum Gasteiger partial charge on any atom is 0.266 e. The summed E-state index contributed by atoms with van der Waals surface area (Å²) in [5, 5.41) is 19.8. The molecule has 0 spiro atoms. The maximum absolute atomic E-state index is 11.8. The number of piperazine rings is 1. The Hall–Kier alpha value is -3.22. The van der Waals surface area contributed by atoms with Gasteiger partial charge in [-0.2, -0.15) is 5.26 Å². The van der Waals surface area contributed by atoms with Crippen molar-refractivity contribution in [2.24, 2.45) is 0 Å². The van der Waals surface area contributed by atoms with Gasteiger partial charge in [-0.3, -0.25) is 9.69 Å². The van der Waals surface area contributed by atoms with Gasteiger partial charge in [-0.25, -0.2) is 0 Å². The van der Waals surface area contributed by atoms with Crippen molar-refractivity contribution in [3.8, 4) is 28.7 Å². The van der Waals surface area contributed by atoms with E-state index in [4.69, 9.17) is 9.47 Å². The number of ether oxygens (including phenoxy) is 2. The molecule has 1 saturated heterocycles. The molecule has 0 aliphatic carbocycles. The number of methoxy groups -OCH3 is 1. The van der Waals surface area contributed by atoms with Gasteiger partial charge in [-0.1, -0.05) is 24.3 Å². The van der Waals surface area contributed by atoms with E-state index in [0.717, 1.165) is 48.7 Å². The van der Waals surface area contributed by atoms with Gasteiger partial charge in [0.25, 0.3) is 5.56 Å². The van der Waals surface area contributed by atoms with Crippen LogP contribution in [-0.2, 0) is 0 Å². The molecular formula is C27H32Cl2N4O4. The van der Waals surface area contributed by atoms with E-state index in [2.05, 4.69) is 20.9 Å². The summed E-state index contributed by atoms with van der Waals surface area (Å²) in [4.78, 5) is 19.1. The number of β-amino-alcohol motifs (C(OH)–C–C–N with tert-alkyl or cyclic N) is 1. The monoisotopic (exact) mass is 546 g/mol. The van der Waals surface area contributed by atoms with Crippen molar-refractivity contribution in [3.05, 3.63) is 76.2 Å². The number of pyridine rings is 1. The van der Waals surface area contributed by atoms with E-state index in [1.807, 2.05) is 48.5 Å². The number of aryl methyl sites for hydroxylation is 1. The first kappa shape index (κ1) is 30.0. The van der Waals surface area contributed by atoms with E-state index in [-0.39, 0.29) is 37.0 Å². The summed E-state index contributed by atoms with van der Waals surface area (Å²) in [5.41, 5.74) is 3.04. The van der Waals surface area contributed by atoms with Gasteiger partial charge in [-0.05, 0) is 42.8 Å². The summed E-state index contributed by atoms with van der Waals surface area (Å²) in [6.07, 6.45) is -0.628. The Balaban J connectivity index is 0.00000241. The molecule has 1 unspecified atom stereocenters. The van der Waals surface area contributed by atoms with Crippen LogP contribution in [0.15, 0.2) is 59.4 Å². The van der Waals surface area contributed by atoms with E-state index in [1.54, 1.807) is 20.1 Å². The van der Waals surface area contributed by atoms with Crippen molar-refractivity contribution in [2.75, 3.05) is 51.3 Å². The Kier molecular flexibility index (Phi) is 11.3. The zero-order valence-corrected chi connectivity index (χ0v) is 22.5. The SMILES string of the molecule is COc1ccccc1N1CCN(CC(O)COc2cccc(-c3cc(C#N)c(=O)[nH]c3C)c2)CC1.Cl.Cl. The summed E-state index contributed by atoms with van der Waals surface area (Å²) >= 11 is 0. The molecule has 1 aromatic heterocycles. The average Bonchev–Trinajstić information content (AvgIpc) is 2.88. The van der Waals surface area contributed by atoms with Gasteiger partial charge in [-0.15, -0.1) is 24.8 Å². The molecule has 0 bridgehead atoms. The third kappa shape index (κ3) is 7.40. The summed E-state index contributed by atoms with van der Waals surface area (Å²) in [7, 11) is 1.69. The van der Waals surface area contributed by atoms with E-state index in [9.17, 15) is 15.2 Å². The highest BCUT2D eigenvalue weighted by molar-refractivity contribution is 5.85. The van der Waals surface area contributed by atoms with Crippen molar-refractivity contribution >= 4 is 30.5 Å². The van der Waals surface area contributed by atoms with Crippen LogP contribution in [0.4, 0.5) is 5.69 Å². The number of nitriles is 1. The number of para-hydroxylation sites is 2. The highest BCUT2D eigenvalue weighted by Crippen LogP contribution is 2.28. The lowest BCUT2D eigenvalue weighted by Crippen LogP contribution is -2.49. The Labute approximate surface area is 229 Å². The molecular weight excluding hydrogens is 515 g/mol. The standard InChI is InChI=1S/C27H30N4O4.2ClH/c1-19-24(15-21(16-28)27(33)29-19)20-6-5-7-23(14-20)35-18-22(32)17-30-10-12-31(13-11-30)25-8-3-4-9-26(25)34-2;;/h3-9,14-15,22,32H,10-13,17-18H2,1-2H3,(H,29,33);2*1H. The number of anilines is 1. The van der Waals surface area contributed by atoms with Gasteiger partial charge < -0.3 is 24.5 Å². The second-order valence-corrected chi connectivity index (χ2v) is 8.61. The second kappa shape index (κ2) is 13.9. The van der Waals surface area contributed by atoms with Gasteiger partial charge >= 0.3 is 0 Å². The fourth-order valence-corrected chi connectivity index (χ4v) is 4.36. The van der Waals surface area contributed by atoms with Gasteiger partial charge in [0.15, 0.2) is 0 Å². The van der Waals surface area contributed by atoms with Gasteiger partial charge in [0.05, 0.1) is 12.8 Å². The molecule has 2 heterocycles. The van der Waals surface area contributed by atoms with Crippen LogP contribution in [0.25, 0.3) is 11.1 Å². The Morgan fingerprint density at radius 2 is 1.81 bits per heavy atom. The molecule has 0 saturated carbocycles. The first-order valence-electron chi connectivity index (χ1n) is 11.6. The third-order valence-corrected chi connectivity index (χ3v) is 6.21. The number of aromatic amines is 1. The van der Waals surface area contributed by atoms with E-state index in [0.29, 0.717) is 18.0 Å². The van der Waals surface area contributed by atoms with Crippen LogP contribution < -0.4 is 19.9 Å². The number of hydrogen-bond donors (Lipinski definition) is 2. The lowest BCUT2D eigenvalue weighted by Gasteiger charge is -2.37. The largest absolute Gasteiger partial charge is 0.495 e. The molecule has 0 radical (unpaired) electrons. The quantitative estimate of drug-likeness (QED) is 0.444. The van der Waals surface area contributed by atoms with Crippen molar-refractivity contribution in [1.29, 1.82) is 5.26 Å². The Morgan fingerprint density at radius 3 is 2.51 bits per heavy atom. The molecule has 10 heteroatoms. The molecule has 198 valence electrons. The molecule has 4 rings (SSSR count). The number of aliphatic hydroxyl groups is 1. The average molecular weight is 547 g/mol. The minimum atomic E-state index is -0.628. The predicted octanol–water partition coefficient (Wildman–Crippen LogP) is 3.64. The number of aromatic nitrogens is 1. The van der Waals surface area contributed by atoms with Crippen LogP contribution in [0, 0.1) is 18.3 Å². The number of rotatable bonds is 8. The molecule has 1 atom stereocenters. The van der Waals surface area contributed by atoms with Gasteiger partial charge in [0.2, 0.25) is 0 Å². The molecule has 2 aromatic carbocycles.